The third kappa shape index (κ3) is 3.74. The fraction of sp³-hybridized carbons (Fsp3) is 0.316. The zero-order valence-corrected chi connectivity index (χ0v) is 14.0. The molecule has 0 unspecified atom stereocenters. The Bertz CT molecular complexity index is 712. The summed E-state index contributed by atoms with van der Waals surface area (Å²) in [5.74, 6) is -0.385. The fourth-order valence-corrected chi connectivity index (χ4v) is 3.31. The average Bonchev–Trinajstić information content (AvgIpc) is 3.37. The van der Waals surface area contributed by atoms with E-state index in [9.17, 15) is 4.79 Å². The van der Waals surface area contributed by atoms with Crippen LogP contribution in [0.25, 0.3) is 0 Å². The number of hydrogen-bond acceptors (Lipinski definition) is 2. The second kappa shape index (κ2) is 6.73. The normalized spacial score (nSPS) is 15.6. The quantitative estimate of drug-likeness (QED) is 0.865. The van der Waals surface area contributed by atoms with Gasteiger partial charge in [0.25, 0.3) is 0 Å². The summed E-state index contributed by atoms with van der Waals surface area (Å²) in [5.41, 5.74) is 8.19. The van der Waals surface area contributed by atoms with Crippen LogP contribution in [0.3, 0.4) is 0 Å². The predicted molar refractivity (Wildman–Crippen MR) is 93.4 cm³/mol. The standard InChI is InChI=1S/C19H21ClN2O/c1-13(17-7-2-3-8-18(17)20)22(16-9-10-16)12-14-5-4-6-15(11-14)19(21)23/h2-8,11,13,16H,9-10,12H2,1H3,(H2,21,23)/t13-/m1/s1. The molecule has 1 fully saturated rings. The van der Waals surface area contributed by atoms with Crippen molar-refractivity contribution in [3.8, 4) is 0 Å². The average molecular weight is 329 g/mol. The predicted octanol–water partition coefficient (Wildman–Crippen LogP) is 4.16. The number of hydrogen-bond donors (Lipinski definition) is 1. The van der Waals surface area contributed by atoms with Crippen molar-refractivity contribution in [2.45, 2.75) is 38.4 Å². The van der Waals surface area contributed by atoms with Crippen LogP contribution in [0.4, 0.5) is 0 Å². The van der Waals surface area contributed by atoms with E-state index in [1.165, 1.54) is 12.8 Å². The first-order valence-electron chi connectivity index (χ1n) is 7.95. The molecule has 120 valence electrons. The highest BCUT2D eigenvalue weighted by atomic mass is 35.5. The van der Waals surface area contributed by atoms with Crippen LogP contribution in [0, 0.1) is 0 Å². The molecule has 3 rings (SSSR count). The van der Waals surface area contributed by atoms with E-state index in [2.05, 4.69) is 17.9 Å². The molecule has 1 aliphatic carbocycles. The van der Waals surface area contributed by atoms with Gasteiger partial charge in [0, 0.05) is 29.2 Å². The topological polar surface area (TPSA) is 46.3 Å². The number of amides is 1. The van der Waals surface area contributed by atoms with Gasteiger partial charge in [-0.1, -0.05) is 41.9 Å². The minimum atomic E-state index is -0.385. The molecular formula is C19H21ClN2O. The number of carbonyl (C=O) groups is 1. The molecule has 0 spiro atoms. The van der Waals surface area contributed by atoms with E-state index in [1.807, 2.05) is 36.4 Å². The zero-order chi connectivity index (χ0) is 16.4. The van der Waals surface area contributed by atoms with Crippen LogP contribution in [0.2, 0.25) is 5.02 Å². The maximum Gasteiger partial charge on any atom is 0.248 e. The van der Waals surface area contributed by atoms with Crippen molar-refractivity contribution in [1.29, 1.82) is 0 Å². The minimum absolute atomic E-state index is 0.230. The molecule has 0 bridgehead atoms. The largest absolute Gasteiger partial charge is 0.366 e. The van der Waals surface area contributed by atoms with Crippen LogP contribution in [-0.2, 0) is 6.54 Å². The number of primary amides is 1. The van der Waals surface area contributed by atoms with E-state index >= 15 is 0 Å². The van der Waals surface area contributed by atoms with Crippen molar-refractivity contribution in [1.82, 2.24) is 4.90 Å². The molecule has 1 aliphatic rings. The van der Waals surface area contributed by atoms with Crippen LogP contribution in [-0.4, -0.2) is 16.8 Å². The first-order valence-corrected chi connectivity index (χ1v) is 8.33. The Balaban J connectivity index is 1.84. The number of benzene rings is 2. The van der Waals surface area contributed by atoms with E-state index in [-0.39, 0.29) is 11.9 Å². The summed E-state index contributed by atoms with van der Waals surface area (Å²) in [7, 11) is 0. The van der Waals surface area contributed by atoms with E-state index in [1.54, 1.807) is 6.07 Å². The molecule has 1 atom stereocenters. The van der Waals surface area contributed by atoms with E-state index in [4.69, 9.17) is 17.3 Å². The first-order chi connectivity index (χ1) is 11.1. The van der Waals surface area contributed by atoms with Gasteiger partial charge in [0.1, 0.15) is 0 Å². The minimum Gasteiger partial charge on any atom is -0.366 e. The second-order valence-corrected chi connectivity index (χ2v) is 6.57. The lowest BCUT2D eigenvalue weighted by Crippen LogP contribution is -2.29. The molecule has 0 aliphatic heterocycles. The lowest BCUT2D eigenvalue weighted by atomic mass is 10.0. The monoisotopic (exact) mass is 328 g/mol. The summed E-state index contributed by atoms with van der Waals surface area (Å²) in [5, 5.41) is 0.802. The van der Waals surface area contributed by atoms with Crippen LogP contribution in [0.5, 0.6) is 0 Å². The molecule has 0 radical (unpaired) electrons. The molecule has 3 nitrogen and oxygen atoms in total. The highest BCUT2D eigenvalue weighted by Crippen LogP contribution is 2.37. The second-order valence-electron chi connectivity index (χ2n) is 6.17. The molecule has 0 saturated heterocycles. The summed E-state index contributed by atoms with van der Waals surface area (Å²) in [6.45, 7) is 2.98. The lowest BCUT2D eigenvalue weighted by molar-refractivity contribution is 0.1000. The van der Waals surface area contributed by atoms with Gasteiger partial charge < -0.3 is 5.73 Å². The Labute approximate surface area is 142 Å². The summed E-state index contributed by atoms with van der Waals surface area (Å²) in [6, 6.07) is 16.4. The number of carbonyl (C=O) groups excluding carboxylic acids is 1. The van der Waals surface area contributed by atoms with E-state index in [0.717, 1.165) is 22.7 Å². The van der Waals surface area contributed by atoms with Crippen LogP contribution >= 0.6 is 11.6 Å². The highest BCUT2D eigenvalue weighted by molar-refractivity contribution is 6.31. The van der Waals surface area contributed by atoms with Crippen molar-refractivity contribution in [2.24, 2.45) is 5.73 Å². The highest BCUT2D eigenvalue weighted by Gasteiger charge is 2.33. The molecule has 2 aromatic carbocycles. The van der Waals surface area contributed by atoms with Crippen molar-refractivity contribution < 1.29 is 4.79 Å². The zero-order valence-electron chi connectivity index (χ0n) is 13.2. The molecular weight excluding hydrogens is 308 g/mol. The summed E-state index contributed by atoms with van der Waals surface area (Å²) in [4.78, 5) is 13.8. The smallest absolute Gasteiger partial charge is 0.248 e. The van der Waals surface area contributed by atoms with Crippen LogP contribution in [0.1, 0.15) is 47.3 Å². The van der Waals surface area contributed by atoms with Gasteiger partial charge in [-0.3, -0.25) is 9.69 Å². The number of rotatable bonds is 6. The number of halogens is 1. The van der Waals surface area contributed by atoms with Crippen molar-refractivity contribution in [3.05, 3.63) is 70.2 Å². The Morgan fingerprint density at radius 3 is 2.65 bits per heavy atom. The van der Waals surface area contributed by atoms with Gasteiger partial charge in [-0.25, -0.2) is 0 Å². The van der Waals surface area contributed by atoms with Crippen molar-refractivity contribution in [2.75, 3.05) is 0 Å². The lowest BCUT2D eigenvalue weighted by Gasteiger charge is -2.30. The van der Waals surface area contributed by atoms with E-state index < -0.39 is 0 Å². The third-order valence-electron chi connectivity index (χ3n) is 4.45. The van der Waals surface area contributed by atoms with Crippen LogP contribution in [0.15, 0.2) is 48.5 Å². The molecule has 2 aromatic rings. The molecule has 0 heterocycles. The van der Waals surface area contributed by atoms with Crippen LogP contribution < -0.4 is 5.73 Å². The summed E-state index contributed by atoms with van der Waals surface area (Å²) in [6.07, 6.45) is 2.43. The molecule has 0 aromatic heterocycles. The fourth-order valence-electron chi connectivity index (χ4n) is 3.01. The van der Waals surface area contributed by atoms with Gasteiger partial charge in [-0.2, -0.15) is 0 Å². The van der Waals surface area contributed by atoms with Crippen molar-refractivity contribution >= 4 is 17.5 Å². The molecule has 23 heavy (non-hydrogen) atoms. The summed E-state index contributed by atoms with van der Waals surface area (Å²) < 4.78 is 0. The van der Waals surface area contributed by atoms with Gasteiger partial charge in [0.15, 0.2) is 0 Å². The van der Waals surface area contributed by atoms with E-state index in [0.29, 0.717) is 11.6 Å². The third-order valence-corrected chi connectivity index (χ3v) is 4.79. The molecule has 1 amide bonds. The molecule has 4 heteroatoms. The van der Waals surface area contributed by atoms with Gasteiger partial charge in [-0.05, 0) is 49.1 Å². The Hall–Kier alpha value is -1.84. The SMILES string of the molecule is C[C@H](c1ccccc1Cl)N(Cc1cccc(C(N)=O)c1)C1CC1. The Morgan fingerprint density at radius 1 is 1.26 bits per heavy atom. The Kier molecular flexibility index (Phi) is 4.69. The van der Waals surface area contributed by atoms with Gasteiger partial charge in [0.05, 0.1) is 0 Å². The maximum atomic E-state index is 11.4. The van der Waals surface area contributed by atoms with Gasteiger partial charge in [-0.15, -0.1) is 0 Å². The Morgan fingerprint density at radius 2 is 2.00 bits per heavy atom. The van der Waals surface area contributed by atoms with Gasteiger partial charge in [0.2, 0.25) is 5.91 Å². The summed E-state index contributed by atoms with van der Waals surface area (Å²) >= 11 is 6.37. The number of nitrogens with two attached hydrogens (primary N) is 1. The molecule has 2 N–H and O–H groups in total. The maximum absolute atomic E-state index is 11.4. The number of nitrogens with zero attached hydrogens (tertiary/aromatic N) is 1. The van der Waals surface area contributed by atoms with Crippen molar-refractivity contribution in [3.63, 3.8) is 0 Å². The van der Waals surface area contributed by atoms with Gasteiger partial charge >= 0.3 is 0 Å². The first kappa shape index (κ1) is 16.0. The molecule has 1 saturated carbocycles.